The molecule has 4 nitrogen and oxygen atoms in total. The zero-order chi connectivity index (χ0) is 29.0. The number of rotatable bonds is 14. The lowest BCUT2D eigenvalue weighted by Gasteiger charge is -2.41. The van der Waals surface area contributed by atoms with Gasteiger partial charge in [-0.1, -0.05) is 64.2 Å². The van der Waals surface area contributed by atoms with Crippen molar-refractivity contribution in [1.82, 2.24) is 0 Å². The van der Waals surface area contributed by atoms with Crippen LogP contribution in [0.15, 0.2) is 30.4 Å². The van der Waals surface area contributed by atoms with Gasteiger partial charge in [-0.3, -0.25) is 0 Å². The van der Waals surface area contributed by atoms with E-state index >= 15 is 0 Å². The molecular formula is C37H58O4. The molecule has 41 heavy (non-hydrogen) atoms. The fourth-order valence-electron chi connectivity index (χ4n) is 8.37. The summed E-state index contributed by atoms with van der Waals surface area (Å²) in [7, 11) is 0. The van der Waals surface area contributed by atoms with Crippen LogP contribution >= 0.6 is 0 Å². The molecule has 0 unspecified atom stereocenters. The Morgan fingerprint density at radius 3 is 2.00 bits per heavy atom. The third-order valence-electron chi connectivity index (χ3n) is 10.9. The number of unbranched alkanes of at least 4 members (excludes halogenated alkanes) is 2. The van der Waals surface area contributed by atoms with Crippen molar-refractivity contribution in [1.29, 1.82) is 0 Å². The Labute approximate surface area is 250 Å². The first kappa shape index (κ1) is 32.1. The van der Waals surface area contributed by atoms with Crippen molar-refractivity contribution in [3.8, 4) is 5.75 Å². The van der Waals surface area contributed by atoms with Gasteiger partial charge >= 0.3 is 5.97 Å². The summed E-state index contributed by atoms with van der Waals surface area (Å²) in [5.74, 6) is 5.96. The summed E-state index contributed by atoms with van der Waals surface area (Å²) in [4.78, 5) is 11.8. The van der Waals surface area contributed by atoms with Gasteiger partial charge in [-0.25, -0.2) is 4.79 Å². The van der Waals surface area contributed by atoms with Gasteiger partial charge in [0.25, 0.3) is 0 Å². The van der Waals surface area contributed by atoms with Crippen molar-refractivity contribution >= 4 is 5.97 Å². The van der Waals surface area contributed by atoms with E-state index in [1.165, 1.54) is 108 Å². The Hall–Kier alpha value is -1.81. The van der Waals surface area contributed by atoms with Crippen LogP contribution < -0.4 is 4.74 Å². The number of esters is 1. The Morgan fingerprint density at radius 2 is 1.44 bits per heavy atom. The van der Waals surface area contributed by atoms with Crippen molar-refractivity contribution in [2.24, 2.45) is 29.6 Å². The van der Waals surface area contributed by atoms with Gasteiger partial charge in [-0.05, 0) is 124 Å². The molecular weight excluding hydrogens is 508 g/mol. The zero-order valence-corrected chi connectivity index (χ0v) is 26.2. The number of aliphatic hydroxyl groups excluding tert-OH is 1. The van der Waals surface area contributed by atoms with Crippen molar-refractivity contribution in [3.05, 3.63) is 41.5 Å². The number of hydrogen-bond acceptors (Lipinski definition) is 4. The monoisotopic (exact) mass is 566 g/mol. The SMILES string of the molecule is C=C(C)C(=O)OCCc1cc(C2CCC(C3CCC(C4CCC(CCCCC)CC4)CC3)CC2)ccc1OCCO. The fraction of sp³-hybridized carbons (Fsp3) is 0.757. The van der Waals surface area contributed by atoms with Crippen molar-refractivity contribution in [2.45, 2.75) is 129 Å². The highest BCUT2D eigenvalue weighted by molar-refractivity contribution is 5.86. The second kappa shape index (κ2) is 16.7. The predicted molar refractivity (Wildman–Crippen MR) is 168 cm³/mol. The zero-order valence-electron chi connectivity index (χ0n) is 26.2. The molecule has 230 valence electrons. The van der Waals surface area contributed by atoms with E-state index < -0.39 is 0 Å². The topological polar surface area (TPSA) is 55.8 Å². The number of carbonyl (C=O) groups excluding carboxylic acids is 1. The van der Waals surface area contributed by atoms with Gasteiger partial charge in [-0.15, -0.1) is 0 Å². The number of carbonyl (C=O) groups is 1. The van der Waals surface area contributed by atoms with Crippen LogP contribution in [0.1, 0.15) is 134 Å². The second-order valence-electron chi connectivity index (χ2n) is 13.7. The van der Waals surface area contributed by atoms with Crippen LogP contribution in [0.25, 0.3) is 0 Å². The Kier molecular flexibility index (Phi) is 13.1. The first-order valence-electron chi connectivity index (χ1n) is 17.2. The molecule has 0 heterocycles. The van der Waals surface area contributed by atoms with E-state index in [1.807, 2.05) is 6.07 Å². The molecule has 0 spiro atoms. The number of ether oxygens (including phenoxy) is 2. The fourth-order valence-corrected chi connectivity index (χ4v) is 8.37. The summed E-state index contributed by atoms with van der Waals surface area (Å²) in [6.45, 7) is 8.21. The molecule has 3 aliphatic carbocycles. The van der Waals surface area contributed by atoms with Gasteiger partial charge in [0.2, 0.25) is 0 Å². The standard InChI is InChI=1S/C37H58O4/c1-4-5-6-7-28-8-10-29(11-9-28)30-12-14-31(15-13-30)32-16-18-33(19-17-32)34-20-21-36(40-25-23-38)35(26-34)22-24-41-37(39)27(2)3/h20-21,26,28-33,38H,2,4-19,22-25H2,1,3H3. The smallest absolute Gasteiger partial charge is 0.333 e. The molecule has 4 rings (SSSR count). The Morgan fingerprint density at radius 1 is 0.854 bits per heavy atom. The highest BCUT2D eigenvalue weighted by Gasteiger charge is 2.35. The molecule has 3 fully saturated rings. The molecule has 0 radical (unpaired) electrons. The predicted octanol–water partition coefficient (Wildman–Crippen LogP) is 9.19. The molecule has 0 aliphatic heterocycles. The summed E-state index contributed by atoms with van der Waals surface area (Å²) in [6.07, 6.45) is 23.6. The van der Waals surface area contributed by atoms with E-state index in [0.717, 1.165) is 40.9 Å². The first-order chi connectivity index (χ1) is 20.0. The minimum Gasteiger partial charge on any atom is -0.491 e. The lowest BCUT2D eigenvalue weighted by molar-refractivity contribution is -0.138. The molecule has 3 aliphatic rings. The quantitative estimate of drug-likeness (QED) is 0.139. The van der Waals surface area contributed by atoms with E-state index in [4.69, 9.17) is 9.47 Å². The molecule has 0 atom stereocenters. The third kappa shape index (κ3) is 9.60. The minimum absolute atomic E-state index is 0.0159. The van der Waals surface area contributed by atoms with Gasteiger partial charge in [0.1, 0.15) is 12.4 Å². The second-order valence-corrected chi connectivity index (χ2v) is 13.7. The van der Waals surface area contributed by atoms with Crippen LogP contribution in [-0.4, -0.2) is 30.9 Å². The molecule has 0 saturated heterocycles. The van der Waals surface area contributed by atoms with E-state index in [1.54, 1.807) is 6.92 Å². The molecule has 0 aromatic heterocycles. The normalized spacial score (nSPS) is 28.7. The van der Waals surface area contributed by atoms with Gasteiger partial charge in [0.15, 0.2) is 0 Å². The number of hydrogen-bond donors (Lipinski definition) is 1. The molecule has 0 bridgehead atoms. The summed E-state index contributed by atoms with van der Waals surface area (Å²) in [5.41, 5.74) is 2.86. The van der Waals surface area contributed by atoms with Crippen LogP contribution in [0.2, 0.25) is 0 Å². The Balaban J connectivity index is 1.22. The molecule has 4 heteroatoms. The number of benzene rings is 1. The summed E-state index contributed by atoms with van der Waals surface area (Å²) in [6, 6.07) is 6.52. The van der Waals surface area contributed by atoms with Crippen LogP contribution in [-0.2, 0) is 16.0 Å². The van der Waals surface area contributed by atoms with Crippen molar-refractivity contribution in [2.75, 3.05) is 19.8 Å². The average molecular weight is 567 g/mol. The van der Waals surface area contributed by atoms with Crippen molar-refractivity contribution < 1.29 is 19.4 Å². The highest BCUT2D eigenvalue weighted by Crippen LogP contribution is 2.47. The van der Waals surface area contributed by atoms with Crippen LogP contribution in [0.3, 0.4) is 0 Å². The van der Waals surface area contributed by atoms with Gasteiger partial charge < -0.3 is 14.6 Å². The lowest BCUT2D eigenvalue weighted by atomic mass is 9.64. The van der Waals surface area contributed by atoms with E-state index in [2.05, 4.69) is 25.6 Å². The van der Waals surface area contributed by atoms with Crippen LogP contribution in [0.5, 0.6) is 5.75 Å². The maximum atomic E-state index is 11.8. The lowest BCUT2D eigenvalue weighted by Crippen LogP contribution is -2.29. The molecule has 1 N–H and O–H groups in total. The van der Waals surface area contributed by atoms with Crippen LogP contribution in [0, 0.1) is 29.6 Å². The number of aliphatic hydroxyl groups is 1. The van der Waals surface area contributed by atoms with Crippen LogP contribution in [0.4, 0.5) is 0 Å². The molecule has 0 amide bonds. The van der Waals surface area contributed by atoms with E-state index in [0.29, 0.717) is 24.5 Å². The summed E-state index contributed by atoms with van der Waals surface area (Å²) in [5, 5.41) is 9.24. The summed E-state index contributed by atoms with van der Waals surface area (Å²) >= 11 is 0. The van der Waals surface area contributed by atoms with Crippen molar-refractivity contribution in [3.63, 3.8) is 0 Å². The first-order valence-corrected chi connectivity index (χ1v) is 17.2. The van der Waals surface area contributed by atoms with E-state index in [9.17, 15) is 9.90 Å². The average Bonchev–Trinajstić information content (AvgIpc) is 3.01. The highest BCUT2D eigenvalue weighted by atomic mass is 16.5. The van der Waals surface area contributed by atoms with E-state index in [-0.39, 0.29) is 19.2 Å². The van der Waals surface area contributed by atoms with Gasteiger partial charge in [-0.2, -0.15) is 0 Å². The summed E-state index contributed by atoms with van der Waals surface area (Å²) < 4.78 is 11.2. The molecule has 3 saturated carbocycles. The minimum atomic E-state index is -0.350. The maximum absolute atomic E-state index is 11.8. The molecule has 1 aromatic carbocycles. The Bertz CT molecular complexity index is 930. The third-order valence-corrected chi connectivity index (χ3v) is 10.9. The molecule has 1 aromatic rings. The van der Waals surface area contributed by atoms with Gasteiger partial charge in [0.05, 0.1) is 13.2 Å². The van der Waals surface area contributed by atoms with Gasteiger partial charge in [0, 0.05) is 12.0 Å². The maximum Gasteiger partial charge on any atom is 0.333 e. The largest absolute Gasteiger partial charge is 0.491 e.